The van der Waals surface area contributed by atoms with E-state index in [4.69, 9.17) is 0 Å². The number of hydrogen-bond donors (Lipinski definition) is 1. The molecule has 18 heavy (non-hydrogen) atoms. The van der Waals surface area contributed by atoms with Gasteiger partial charge in [0.25, 0.3) is 5.91 Å². The first-order valence-corrected chi connectivity index (χ1v) is 5.83. The van der Waals surface area contributed by atoms with Gasteiger partial charge >= 0.3 is 0 Å². The lowest BCUT2D eigenvalue weighted by Crippen LogP contribution is -2.38. The maximum Gasteiger partial charge on any atom is 0.254 e. The molecule has 100 valence electrons. The first-order chi connectivity index (χ1) is 8.09. The molecule has 1 fully saturated rings. The fourth-order valence-corrected chi connectivity index (χ4v) is 2.19. The molecule has 0 spiro atoms. The number of amides is 1. The molecule has 1 aliphatic heterocycles. The van der Waals surface area contributed by atoms with Gasteiger partial charge in [0.05, 0.1) is 0 Å². The summed E-state index contributed by atoms with van der Waals surface area (Å²) in [5, 5.41) is 3.23. The highest BCUT2D eigenvalue weighted by molar-refractivity contribution is 5.95. The quantitative estimate of drug-likeness (QED) is 0.893. The van der Waals surface area contributed by atoms with E-state index in [2.05, 4.69) is 5.32 Å². The molecule has 1 heterocycles. The highest BCUT2D eigenvalue weighted by Gasteiger charge is 2.24. The zero-order valence-electron chi connectivity index (χ0n) is 10.6. The number of benzene rings is 1. The van der Waals surface area contributed by atoms with Crippen molar-refractivity contribution in [2.45, 2.75) is 19.4 Å². The van der Waals surface area contributed by atoms with Crippen LogP contribution >= 0.6 is 12.4 Å². The van der Waals surface area contributed by atoms with Gasteiger partial charge in [-0.3, -0.25) is 4.79 Å². The van der Waals surface area contributed by atoms with E-state index in [1.54, 1.807) is 17.9 Å². The summed E-state index contributed by atoms with van der Waals surface area (Å²) in [6.07, 6.45) is 0.975. The molecule has 1 aliphatic rings. The van der Waals surface area contributed by atoms with Crippen LogP contribution in [0.5, 0.6) is 0 Å². The maximum absolute atomic E-state index is 13.0. The first kappa shape index (κ1) is 14.9. The van der Waals surface area contributed by atoms with Crippen molar-refractivity contribution in [3.63, 3.8) is 0 Å². The summed E-state index contributed by atoms with van der Waals surface area (Å²) in [4.78, 5) is 14.0. The summed E-state index contributed by atoms with van der Waals surface area (Å²) >= 11 is 0. The molecule has 0 radical (unpaired) electrons. The Hall–Kier alpha value is -1.13. The second-order valence-electron chi connectivity index (χ2n) is 4.52. The van der Waals surface area contributed by atoms with Crippen molar-refractivity contribution in [1.82, 2.24) is 10.2 Å². The smallest absolute Gasteiger partial charge is 0.254 e. The second-order valence-corrected chi connectivity index (χ2v) is 4.52. The number of hydrogen-bond acceptors (Lipinski definition) is 2. The summed E-state index contributed by atoms with van der Waals surface area (Å²) in [5.41, 5.74) is 1.27. The minimum absolute atomic E-state index is 0. The van der Waals surface area contributed by atoms with Gasteiger partial charge in [-0.2, -0.15) is 0 Å². The highest BCUT2D eigenvalue weighted by atomic mass is 35.5. The van der Waals surface area contributed by atoms with Crippen molar-refractivity contribution in [2.24, 2.45) is 0 Å². The molecule has 3 nitrogen and oxygen atoms in total. The first-order valence-electron chi connectivity index (χ1n) is 5.83. The Morgan fingerprint density at radius 2 is 2.22 bits per heavy atom. The van der Waals surface area contributed by atoms with E-state index in [0.717, 1.165) is 19.5 Å². The van der Waals surface area contributed by atoms with Crippen LogP contribution in [0.4, 0.5) is 4.39 Å². The Balaban J connectivity index is 0.00000162. The van der Waals surface area contributed by atoms with E-state index in [1.165, 1.54) is 12.1 Å². The number of halogens is 2. The van der Waals surface area contributed by atoms with Gasteiger partial charge in [0.2, 0.25) is 0 Å². The van der Waals surface area contributed by atoms with Gasteiger partial charge in [-0.25, -0.2) is 4.39 Å². The lowest BCUT2D eigenvalue weighted by Gasteiger charge is -2.24. The van der Waals surface area contributed by atoms with Crippen LogP contribution in [0.3, 0.4) is 0 Å². The molecular weight excluding hydrogens is 255 g/mol. The van der Waals surface area contributed by atoms with Crippen LogP contribution in [0.15, 0.2) is 18.2 Å². The molecule has 1 aromatic carbocycles. The van der Waals surface area contributed by atoms with Crippen molar-refractivity contribution >= 4 is 18.3 Å². The highest BCUT2D eigenvalue weighted by Crippen LogP contribution is 2.15. The van der Waals surface area contributed by atoms with Gasteiger partial charge in [-0.05, 0) is 43.7 Å². The van der Waals surface area contributed by atoms with Gasteiger partial charge in [0, 0.05) is 25.2 Å². The zero-order valence-corrected chi connectivity index (χ0v) is 11.4. The van der Waals surface area contributed by atoms with Gasteiger partial charge in [0.15, 0.2) is 0 Å². The molecule has 1 amide bonds. The van der Waals surface area contributed by atoms with Crippen LogP contribution in [-0.2, 0) is 0 Å². The minimum atomic E-state index is -0.302. The largest absolute Gasteiger partial charge is 0.337 e. The van der Waals surface area contributed by atoms with Crippen molar-refractivity contribution < 1.29 is 9.18 Å². The predicted molar refractivity (Wildman–Crippen MR) is 71.8 cm³/mol. The van der Waals surface area contributed by atoms with Gasteiger partial charge < -0.3 is 10.2 Å². The number of nitrogens with one attached hydrogen (secondary N) is 1. The van der Waals surface area contributed by atoms with E-state index in [1.807, 2.05) is 7.05 Å². The summed E-state index contributed by atoms with van der Waals surface area (Å²) in [6.45, 7) is 3.55. The van der Waals surface area contributed by atoms with Gasteiger partial charge in [-0.15, -0.1) is 12.4 Å². The third kappa shape index (κ3) is 3.00. The molecule has 0 bridgehead atoms. The lowest BCUT2D eigenvalue weighted by molar-refractivity contribution is 0.0743. The fraction of sp³-hybridized carbons (Fsp3) is 0.462. The van der Waals surface area contributed by atoms with Crippen LogP contribution in [0, 0.1) is 12.7 Å². The fourth-order valence-electron chi connectivity index (χ4n) is 2.19. The second kappa shape index (κ2) is 6.16. The Labute approximate surface area is 113 Å². The average Bonchev–Trinajstić information content (AvgIpc) is 2.80. The molecule has 1 saturated heterocycles. The van der Waals surface area contributed by atoms with Gasteiger partial charge in [0.1, 0.15) is 5.82 Å². The third-order valence-corrected chi connectivity index (χ3v) is 3.32. The molecule has 1 atom stereocenters. The molecule has 5 heteroatoms. The topological polar surface area (TPSA) is 32.3 Å². The lowest BCUT2D eigenvalue weighted by atomic mass is 10.1. The van der Waals surface area contributed by atoms with E-state index in [0.29, 0.717) is 11.1 Å². The van der Waals surface area contributed by atoms with Crippen LogP contribution in [0.2, 0.25) is 0 Å². The summed E-state index contributed by atoms with van der Waals surface area (Å²) in [6, 6.07) is 4.54. The van der Waals surface area contributed by atoms with Crippen molar-refractivity contribution in [3.8, 4) is 0 Å². The predicted octanol–water partition coefficient (Wildman–Crippen LogP) is 1.99. The molecule has 0 aliphatic carbocycles. The van der Waals surface area contributed by atoms with Crippen LogP contribution in [0.25, 0.3) is 0 Å². The Morgan fingerprint density at radius 1 is 1.50 bits per heavy atom. The number of carbonyl (C=O) groups is 1. The number of carbonyl (C=O) groups excluding carboxylic acids is 1. The Bertz CT molecular complexity index is 433. The van der Waals surface area contributed by atoms with Gasteiger partial charge in [-0.1, -0.05) is 0 Å². The molecule has 1 unspecified atom stereocenters. The van der Waals surface area contributed by atoms with Crippen LogP contribution in [0.1, 0.15) is 22.3 Å². The van der Waals surface area contributed by atoms with Crippen molar-refractivity contribution in [1.29, 1.82) is 0 Å². The average molecular weight is 273 g/mol. The van der Waals surface area contributed by atoms with Crippen LogP contribution in [-0.4, -0.2) is 37.0 Å². The number of aryl methyl sites for hydroxylation is 1. The molecular formula is C13H18ClFN2O. The van der Waals surface area contributed by atoms with Crippen LogP contribution < -0.4 is 5.32 Å². The third-order valence-electron chi connectivity index (χ3n) is 3.32. The van der Waals surface area contributed by atoms with Crippen molar-refractivity contribution in [2.75, 3.05) is 20.1 Å². The molecule has 0 saturated carbocycles. The summed E-state index contributed by atoms with van der Waals surface area (Å²) in [7, 11) is 1.81. The molecule has 2 rings (SSSR count). The van der Waals surface area contributed by atoms with E-state index < -0.39 is 0 Å². The Morgan fingerprint density at radius 3 is 2.78 bits per heavy atom. The van der Waals surface area contributed by atoms with E-state index in [-0.39, 0.29) is 30.2 Å². The minimum Gasteiger partial charge on any atom is -0.337 e. The van der Waals surface area contributed by atoms with E-state index >= 15 is 0 Å². The molecule has 0 aromatic heterocycles. The SMILES string of the molecule is Cc1cc(F)ccc1C(=O)N(C)C1CCNC1.Cl. The molecule has 1 N–H and O–H groups in total. The number of nitrogens with zero attached hydrogens (tertiary/aromatic N) is 1. The number of rotatable bonds is 2. The number of likely N-dealkylation sites (N-methyl/N-ethyl adjacent to an activating group) is 1. The Kier molecular flexibility index (Phi) is 5.11. The molecule has 1 aromatic rings. The summed E-state index contributed by atoms with van der Waals surface area (Å²) in [5.74, 6) is -0.333. The monoisotopic (exact) mass is 272 g/mol. The van der Waals surface area contributed by atoms with Crippen molar-refractivity contribution in [3.05, 3.63) is 35.1 Å². The summed E-state index contributed by atoms with van der Waals surface area (Å²) < 4.78 is 13.0. The van der Waals surface area contributed by atoms with E-state index in [9.17, 15) is 9.18 Å². The normalized spacial score (nSPS) is 18.3. The zero-order chi connectivity index (χ0) is 12.4. The maximum atomic E-state index is 13.0. The standard InChI is InChI=1S/C13H17FN2O.ClH/c1-9-7-10(14)3-4-12(9)13(17)16(2)11-5-6-15-8-11;/h3-4,7,11,15H,5-6,8H2,1-2H3;1H.